The van der Waals surface area contributed by atoms with Crippen molar-refractivity contribution >= 4 is 11.0 Å². The number of fused-ring (bicyclic) bond motifs is 1. The molecule has 1 aliphatic rings. The Hall–Kier alpha value is -1.42. The molecule has 0 saturated heterocycles. The fourth-order valence-corrected chi connectivity index (χ4v) is 2.82. The van der Waals surface area contributed by atoms with E-state index >= 15 is 0 Å². The number of hydrogen-bond acceptors (Lipinski definition) is 2. The van der Waals surface area contributed by atoms with Gasteiger partial charge < -0.3 is 10.3 Å². The summed E-state index contributed by atoms with van der Waals surface area (Å²) in [5, 5.41) is 0. The molecular weight excluding hydrogens is 253 g/mol. The maximum absolute atomic E-state index is 13.3. The molecule has 0 amide bonds. The van der Waals surface area contributed by atoms with E-state index in [4.69, 9.17) is 5.73 Å². The maximum atomic E-state index is 13.3. The zero-order valence-corrected chi connectivity index (χ0v) is 11.8. The molecule has 0 unspecified atom stereocenters. The van der Waals surface area contributed by atoms with Crippen LogP contribution in [-0.2, 0) is 6.42 Å². The van der Waals surface area contributed by atoms with Crippen molar-refractivity contribution in [3.05, 3.63) is 29.8 Å². The summed E-state index contributed by atoms with van der Waals surface area (Å²) in [4.78, 5) is 4.65. The number of unbranched alkanes of at least 4 members (excludes halogenated alkanes) is 3. The average Bonchev–Trinajstić information content (AvgIpc) is 3.20. The van der Waals surface area contributed by atoms with Gasteiger partial charge in [0.1, 0.15) is 11.6 Å². The molecule has 0 aliphatic heterocycles. The Morgan fingerprint density at radius 2 is 2.00 bits per heavy atom. The highest BCUT2D eigenvalue weighted by atomic mass is 19.1. The van der Waals surface area contributed by atoms with E-state index < -0.39 is 0 Å². The first-order chi connectivity index (χ1) is 9.79. The summed E-state index contributed by atoms with van der Waals surface area (Å²) in [7, 11) is 0. The monoisotopic (exact) mass is 275 g/mol. The van der Waals surface area contributed by atoms with Crippen molar-refractivity contribution in [3.63, 3.8) is 0 Å². The van der Waals surface area contributed by atoms with Gasteiger partial charge >= 0.3 is 0 Å². The number of aromatic nitrogens is 2. The topological polar surface area (TPSA) is 43.8 Å². The van der Waals surface area contributed by atoms with Gasteiger partial charge in [0.15, 0.2) is 0 Å². The van der Waals surface area contributed by atoms with Crippen molar-refractivity contribution in [2.24, 2.45) is 5.73 Å². The lowest BCUT2D eigenvalue weighted by Crippen LogP contribution is -2.02. The second-order valence-electron chi connectivity index (χ2n) is 5.72. The molecule has 20 heavy (non-hydrogen) atoms. The van der Waals surface area contributed by atoms with Gasteiger partial charge in [0.25, 0.3) is 0 Å². The third-order valence-corrected chi connectivity index (χ3v) is 3.99. The molecule has 1 aliphatic carbocycles. The van der Waals surface area contributed by atoms with Crippen LogP contribution in [0.25, 0.3) is 11.0 Å². The van der Waals surface area contributed by atoms with Gasteiger partial charge in [-0.15, -0.1) is 0 Å². The largest absolute Gasteiger partial charge is 0.330 e. The molecule has 1 saturated carbocycles. The van der Waals surface area contributed by atoms with Crippen LogP contribution < -0.4 is 5.73 Å². The number of nitrogens with zero attached hydrogens (tertiary/aromatic N) is 2. The van der Waals surface area contributed by atoms with E-state index in [2.05, 4.69) is 9.55 Å². The first-order valence-corrected chi connectivity index (χ1v) is 7.66. The Bertz CT molecular complexity index is 587. The van der Waals surface area contributed by atoms with Crippen LogP contribution in [0, 0.1) is 5.82 Å². The van der Waals surface area contributed by atoms with E-state index in [1.54, 1.807) is 6.07 Å². The average molecular weight is 275 g/mol. The molecule has 3 rings (SSSR count). The summed E-state index contributed by atoms with van der Waals surface area (Å²) in [6, 6.07) is 5.54. The van der Waals surface area contributed by atoms with Gasteiger partial charge in [0, 0.05) is 18.5 Å². The first-order valence-electron chi connectivity index (χ1n) is 7.66. The van der Waals surface area contributed by atoms with Crippen LogP contribution in [-0.4, -0.2) is 16.1 Å². The fraction of sp³-hybridized carbons (Fsp3) is 0.562. The van der Waals surface area contributed by atoms with Gasteiger partial charge in [-0.1, -0.05) is 12.8 Å². The molecule has 1 fully saturated rings. The van der Waals surface area contributed by atoms with Crippen LogP contribution in [0.2, 0.25) is 0 Å². The number of hydrogen-bond donors (Lipinski definition) is 1. The summed E-state index contributed by atoms with van der Waals surface area (Å²) in [6.45, 7) is 0.778. The van der Waals surface area contributed by atoms with Crippen LogP contribution in [0.1, 0.15) is 50.4 Å². The van der Waals surface area contributed by atoms with Crippen LogP contribution in [0.5, 0.6) is 0 Å². The standard InChI is InChI=1S/C16H22FN3/c17-12-6-9-15-14(11-12)19-16(20(15)13-7-8-13)5-3-1-2-4-10-18/h6,9,11,13H,1-5,7-8,10,18H2. The predicted octanol–water partition coefficient (Wildman–Crippen LogP) is 3.57. The Morgan fingerprint density at radius 1 is 1.20 bits per heavy atom. The van der Waals surface area contributed by atoms with E-state index in [1.165, 1.54) is 31.7 Å². The molecule has 4 heteroatoms. The zero-order chi connectivity index (χ0) is 13.9. The molecule has 0 radical (unpaired) electrons. The second-order valence-corrected chi connectivity index (χ2v) is 5.72. The summed E-state index contributed by atoms with van der Waals surface area (Å²) >= 11 is 0. The Kier molecular flexibility index (Phi) is 4.01. The Morgan fingerprint density at radius 3 is 2.75 bits per heavy atom. The van der Waals surface area contributed by atoms with Crippen molar-refractivity contribution in [1.29, 1.82) is 0 Å². The Labute approximate surface area is 119 Å². The molecule has 1 aromatic heterocycles. The molecule has 3 nitrogen and oxygen atoms in total. The smallest absolute Gasteiger partial charge is 0.125 e. The molecule has 108 valence electrons. The number of imidazole rings is 1. The highest BCUT2D eigenvalue weighted by molar-refractivity contribution is 5.76. The lowest BCUT2D eigenvalue weighted by Gasteiger charge is -2.07. The van der Waals surface area contributed by atoms with E-state index in [0.717, 1.165) is 42.7 Å². The highest BCUT2D eigenvalue weighted by Crippen LogP contribution is 2.39. The second kappa shape index (κ2) is 5.92. The molecule has 1 heterocycles. The van der Waals surface area contributed by atoms with E-state index in [-0.39, 0.29) is 5.82 Å². The fourth-order valence-electron chi connectivity index (χ4n) is 2.82. The Balaban J connectivity index is 1.77. The van der Waals surface area contributed by atoms with Crippen molar-refractivity contribution in [3.8, 4) is 0 Å². The van der Waals surface area contributed by atoms with Crippen LogP contribution >= 0.6 is 0 Å². The number of benzene rings is 1. The van der Waals surface area contributed by atoms with E-state index in [0.29, 0.717) is 6.04 Å². The minimum atomic E-state index is -0.201. The van der Waals surface area contributed by atoms with Crippen molar-refractivity contribution in [2.45, 2.75) is 51.0 Å². The van der Waals surface area contributed by atoms with Gasteiger partial charge in [-0.3, -0.25) is 0 Å². The van der Waals surface area contributed by atoms with Crippen LogP contribution in [0.3, 0.4) is 0 Å². The lowest BCUT2D eigenvalue weighted by atomic mass is 10.1. The summed E-state index contributed by atoms with van der Waals surface area (Å²) < 4.78 is 15.7. The molecule has 0 spiro atoms. The van der Waals surface area contributed by atoms with Crippen molar-refractivity contribution in [1.82, 2.24) is 9.55 Å². The normalized spacial score (nSPS) is 15.1. The van der Waals surface area contributed by atoms with Crippen molar-refractivity contribution in [2.75, 3.05) is 6.54 Å². The third-order valence-electron chi connectivity index (χ3n) is 3.99. The number of halogens is 1. The highest BCUT2D eigenvalue weighted by Gasteiger charge is 2.27. The first kappa shape index (κ1) is 13.6. The summed E-state index contributed by atoms with van der Waals surface area (Å²) in [5.74, 6) is 0.924. The van der Waals surface area contributed by atoms with Gasteiger partial charge in [0.05, 0.1) is 11.0 Å². The van der Waals surface area contributed by atoms with E-state index in [1.807, 2.05) is 6.07 Å². The summed E-state index contributed by atoms with van der Waals surface area (Å²) in [5.41, 5.74) is 7.40. The maximum Gasteiger partial charge on any atom is 0.125 e. The van der Waals surface area contributed by atoms with E-state index in [9.17, 15) is 4.39 Å². The van der Waals surface area contributed by atoms with Gasteiger partial charge in [-0.25, -0.2) is 9.37 Å². The SMILES string of the molecule is NCCCCCCc1nc2cc(F)ccc2n1C1CC1. The molecule has 0 bridgehead atoms. The summed E-state index contributed by atoms with van der Waals surface area (Å²) in [6.07, 6.45) is 8.06. The molecule has 0 atom stereocenters. The minimum absolute atomic E-state index is 0.201. The zero-order valence-electron chi connectivity index (χ0n) is 11.8. The number of nitrogens with two attached hydrogens (primary N) is 1. The van der Waals surface area contributed by atoms with Gasteiger partial charge in [0.2, 0.25) is 0 Å². The van der Waals surface area contributed by atoms with Crippen LogP contribution in [0.4, 0.5) is 4.39 Å². The van der Waals surface area contributed by atoms with Gasteiger partial charge in [-0.05, 0) is 44.4 Å². The molecule has 2 aromatic rings. The molecule has 1 aromatic carbocycles. The third kappa shape index (κ3) is 2.85. The van der Waals surface area contributed by atoms with Gasteiger partial charge in [-0.2, -0.15) is 0 Å². The minimum Gasteiger partial charge on any atom is -0.330 e. The lowest BCUT2D eigenvalue weighted by molar-refractivity contribution is 0.612. The predicted molar refractivity (Wildman–Crippen MR) is 79.2 cm³/mol. The number of rotatable bonds is 7. The number of aryl methyl sites for hydroxylation is 1. The molecule has 2 N–H and O–H groups in total. The van der Waals surface area contributed by atoms with Crippen molar-refractivity contribution < 1.29 is 4.39 Å². The quantitative estimate of drug-likeness (QED) is 0.785. The van der Waals surface area contributed by atoms with Crippen LogP contribution in [0.15, 0.2) is 18.2 Å². The molecular formula is C16H22FN3.